The monoisotopic (exact) mass is 216 g/mol. The lowest BCUT2D eigenvalue weighted by molar-refractivity contribution is 0.559. The standard InChI is InChI=1S/C12H16N4/c1-9-5-6-10(16-8-13-7-14-16)11(15-9)12(2,3)4/h5-8H,1-4H3. The van der Waals surface area contributed by atoms with Crippen LogP contribution in [0.25, 0.3) is 5.69 Å². The summed E-state index contributed by atoms with van der Waals surface area (Å²) in [5.41, 5.74) is 3.05. The number of pyridine rings is 1. The number of hydrogen-bond acceptors (Lipinski definition) is 3. The molecule has 4 nitrogen and oxygen atoms in total. The molecule has 0 atom stereocenters. The van der Waals surface area contributed by atoms with Crippen molar-refractivity contribution in [2.45, 2.75) is 33.1 Å². The maximum absolute atomic E-state index is 4.61. The van der Waals surface area contributed by atoms with Crippen LogP contribution in [-0.2, 0) is 5.41 Å². The van der Waals surface area contributed by atoms with E-state index in [1.54, 1.807) is 11.0 Å². The predicted octanol–water partition coefficient (Wildman–Crippen LogP) is 2.27. The third-order valence-electron chi connectivity index (χ3n) is 2.39. The molecule has 2 rings (SSSR count). The smallest absolute Gasteiger partial charge is 0.138 e. The van der Waals surface area contributed by atoms with Crippen molar-refractivity contribution in [2.24, 2.45) is 0 Å². The Kier molecular flexibility index (Phi) is 2.50. The minimum absolute atomic E-state index is 0.00664. The maximum atomic E-state index is 4.61. The summed E-state index contributed by atoms with van der Waals surface area (Å²) in [7, 11) is 0. The largest absolute Gasteiger partial charge is 0.255 e. The van der Waals surface area contributed by atoms with Gasteiger partial charge in [-0.05, 0) is 19.1 Å². The number of nitrogens with zero attached hydrogens (tertiary/aromatic N) is 4. The van der Waals surface area contributed by atoms with E-state index >= 15 is 0 Å². The highest BCUT2D eigenvalue weighted by Crippen LogP contribution is 2.26. The predicted molar refractivity (Wildman–Crippen MR) is 62.6 cm³/mol. The molecule has 0 aliphatic rings. The van der Waals surface area contributed by atoms with Gasteiger partial charge in [0.1, 0.15) is 12.7 Å². The average molecular weight is 216 g/mol. The molecule has 0 aliphatic carbocycles. The molecule has 0 amide bonds. The van der Waals surface area contributed by atoms with E-state index in [1.165, 1.54) is 6.33 Å². The highest BCUT2D eigenvalue weighted by molar-refractivity contribution is 5.40. The molecule has 4 heteroatoms. The van der Waals surface area contributed by atoms with Crippen LogP contribution in [0.4, 0.5) is 0 Å². The van der Waals surface area contributed by atoms with Gasteiger partial charge in [-0.1, -0.05) is 20.8 Å². The summed E-state index contributed by atoms with van der Waals surface area (Å²) in [6.45, 7) is 8.44. The molecule has 0 saturated carbocycles. The molecule has 0 saturated heterocycles. The van der Waals surface area contributed by atoms with Crippen molar-refractivity contribution < 1.29 is 0 Å². The van der Waals surface area contributed by atoms with Crippen LogP contribution in [0, 0.1) is 6.92 Å². The molecule has 0 bridgehead atoms. The summed E-state index contributed by atoms with van der Waals surface area (Å²) in [4.78, 5) is 8.58. The second kappa shape index (κ2) is 3.70. The summed E-state index contributed by atoms with van der Waals surface area (Å²) < 4.78 is 1.76. The Hall–Kier alpha value is -1.71. The van der Waals surface area contributed by atoms with Crippen molar-refractivity contribution in [3.63, 3.8) is 0 Å². The van der Waals surface area contributed by atoms with Gasteiger partial charge in [-0.2, -0.15) is 5.10 Å². The molecular formula is C12H16N4. The van der Waals surface area contributed by atoms with E-state index in [1.807, 2.05) is 19.1 Å². The van der Waals surface area contributed by atoms with Gasteiger partial charge in [0.05, 0.1) is 11.4 Å². The van der Waals surface area contributed by atoms with Crippen LogP contribution < -0.4 is 0 Å². The Bertz CT molecular complexity index is 480. The first-order valence-electron chi connectivity index (χ1n) is 5.31. The van der Waals surface area contributed by atoms with Gasteiger partial charge in [-0.25, -0.2) is 9.67 Å². The van der Waals surface area contributed by atoms with Crippen LogP contribution >= 0.6 is 0 Å². The van der Waals surface area contributed by atoms with E-state index in [-0.39, 0.29) is 5.41 Å². The molecule has 0 spiro atoms. The summed E-state index contributed by atoms with van der Waals surface area (Å²) in [5, 5.41) is 4.16. The van der Waals surface area contributed by atoms with Crippen LogP contribution in [0.5, 0.6) is 0 Å². The van der Waals surface area contributed by atoms with Crippen LogP contribution in [0.1, 0.15) is 32.2 Å². The van der Waals surface area contributed by atoms with Gasteiger partial charge in [0.2, 0.25) is 0 Å². The minimum atomic E-state index is -0.00664. The molecule has 0 aromatic carbocycles. The van der Waals surface area contributed by atoms with Crippen LogP contribution in [0.3, 0.4) is 0 Å². The van der Waals surface area contributed by atoms with E-state index < -0.39 is 0 Å². The Morgan fingerprint density at radius 3 is 2.50 bits per heavy atom. The summed E-state index contributed by atoms with van der Waals surface area (Å²) >= 11 is 0. The summed E-state index contributed by atoms with van der Waals surface area (Å²) in [6.07, 6.45) is 3.23. The van der Waals surface area contributed by atoms with E-state index in [4.69, 9.17) is 0 Å². The normalized spacial score (nSPS) is 11.8. The first-order chi connectivity index (χ1) is 7.48. The Balaban J connectivity index is 2.62. The Morgan fingerprint density at radius 1 is 1.19 bits per heavy atom. The van der Waals surface area contributed by atoms with Crippen LogP contribution in [-0.4, -0.2) is 19.7 Å². The molecule has 0 N–H and O–H groups in total. The fourth-order valence-corrected chi connectivity index (χ4v) is 1.62. The molecule has 0 radical (unpaired) electrons. The molecule has 2 aromatic rings. The highest BCUT2D eigenvalue weighted by Gasteiger charge is 2.21. The Morgan fingerprint density at radius 2 is 1.94 bits per heavy atom. The zero-order valence-corrected chi connectivity index (χ0v) is 10.1. The molecule has 2 aromatic heterocycles. The first kappa shape index (κ1) is 10.8. The third kappa shape index (κ3) is 1.96. The third-order valence-corrected chi connectivity index (χ3v) is 2.39. The second-order valence-corrected chi connectivity index (χ2v) is 4.91. The van der Waals surface area contributed by atoms with Gasteiger partial charge in [-0.15, -0.1) is 0 Å². The molecular weight excluding hydrogens is 200 g/mol. The van der Waals surface area contributed by atoms with Crippen molar-refractivity contribution in [1.82, 2.24) is 19.7 Å². The summed E-state index contributed by atoms with van der Waals surface area (Å²) in [6, 6.07) is 4.03. The zero-order chi connectivity index (χ0) is 11.8. The van der Waals surface area contributed by atoms with E-state index in [2.05, 4.69) is 35.8 Å². The fraction of sp³-hybridized carbons (Fsp3) is 0.417. The second-order valence-electron chi connectivity index (χ2n) is 4.91. The van der Waals surface area contributed by atoms with Crippen molar-refractivity contribution >= 4 is 0 Å². The zero-order valence-electron chi connectivity index (χ0n) is 10.1. The van der Waals surface area contributed by atoms with Crippen molar-refractivity contribution in [1.29, 1.82) is 0 Å². The molecule has 16 heavy (non-hydrogen) atoms. The number of aryl methyl sites for hydroxylation is 1. The minimum Gasteiger partial charge on any atom is -0.255 e. The van der Waals surface area contributed by atoms with E-state index in [0.717, 1.165) is 17.1 Å². The summed E-state index contributed by atoms with van der Waals surface area (Å²) in [5.74, 6) is 0. The molecule has 2 heterocycles. The number of rotatable bonds is 1. The van der Waals surface area contributed by atoms with Gasteiger partial charge in [0.25, 0.3) is 0 Å². The Labute approximate surface area is 95.4 Å². The fourth-order valence-electron chi connectivity index (χ4n) is 1.62. The maximum Gasteiger partial charge on any atom is 0.138 e. The quantitative estimate of drug-likeness (QED) is 0.734. The average Bonchev–Trinajstić information content (AvgIpc) is 2.69. The van der Waals surface area contributed by atoms with Gasteiger partial charge in [0, 0.05) is 11.1 Å². The molecule has 84 valence electrons. The lowest BCUT2D eigenvalue weighted by Crippen LogP contribution is -2.18. The van der Waals surface area contributed by atoms with Gasteiger partial charge in [-0.3, -0.25) is 4.98 Å². The molecule has 0 unspecified atom stereocenters. The van der Waals surface area contributed by atoms with Gasteiger partial charge < -0.3 is 0 Å². The van der Waals surface area contributed by atoms with Crippen molar-refractivity contribution in [3.05, 3.63) is 36.2 Å². The van der Waals surface area contributed by atoms with Crippen LogP contribution in [0.15, 0.2) is 24.8 Å². The lowest BCUT2D eigenvalue weighted by Gasteiger charge is -2.21. The topological polar surface area (TPSA) is 43.6 Å². The highest BCUT2D eigenvalue weighted by atomic mass is 15.3. The van der Waals surface area contributed by atoms with E-state index in [0.29, 0.717) is 0 Å². The van der Waals surface area contributed by atoms with Gasteiger partial charge >= 0.3 is 0 Å². The SMILES string of the molecule is Cc1ccc(-n2cncn2)c(C(C)(C)C)n1. The van der Waals surface area contributed by atoms with Crippen molar-refractivity contribution in [3.8, 4) is 5.69 Å². The van der Waals surface area contributed by atoms with Crippen LogP contribution in [0.2, 0.25) is 0 Å². The first-order valence-corrected chi connectivity index (χ1v) is 5.31. The molecule has 0 aliphatic heterocycles. The number of aromatic nitrogens is 4. The lowest BCUT2D eigenvalue weighted by atomic mass is 9.90. The molecule has 0 fully saturated rings. The van der Waals surface area contributed by atoms with Gasteiger partial charge in [0.15, 0.2) is 0 Å². The van der Waals surface area contributed by atoms with E-state index in [9.17, 15) is 0 Å². The number of hydrogen-bond donors (Lipinski definition) is 0. The van der Waals surface area contributed by atoms with Crippen molar-refractivity contribution in [2.75, 3.05) is 0 Å².